The van der Waals surface area contributed by atoms with E-state index >= 15 is 0 Å². The lowest BCUT2D eigenvalue weighted by Crippen LogP contribution is -2.49. The third kappa shape index (κ3) is 3.56. The Kier molecular flexibility index (Phi) is 5.60. The molecular weight excluding hydrogens is 454 g/mol. The second kappa shape index (κ2) is 8.42. The van der Waals surface area contributed by atoms with E-state index in [1.165, 1.54) is 36.4 Å². The van der Waals surface area contributed by atoms with Crippen LogP contribution in [0.5, 0.6) is 0 Å². The molecule has 0 aliphatic carbocycles. The van der Waals surface area contributed by atoms with E-state index in [1.54, 1.807) is 0 Å². The number of carbonyl (C=O) groups excluding carboxylic acids is 4. The normalized spacial score (nSPS) is 20.5. The number of carbonyl (C=O) groups is 4. The van der Waals surface area contributed by atoms with Gasteiger partial charge < -0.3 is 5.21 Å². The maximum absolute atomic E-state index is 13.0. The molecule has 0 aromatic heterocycles. The van der Waals surface area contributed by atoms with Crippen molar-refractivity contribution in [3.63, 3.8) is 0 Å². The molecule has 2 heterocycles. The number of para-hydroxylation sites is 4. The monoisotopic (exact) mass is 469 g/mol. The number of hydroxylamine groups is 2. The van der Waals surface area contributed by atoms with E-state index in [2.05, 4.69) is 0 Å². The Morgan fingerprint density at radius 3 is 1.44 bits per heavy atom. The highest BCUT2D eigenvalue weighted by Crippen LogP contribution is 2.36. The summed E-state index contributed by atoms with van der Waals surface area (Å²) < 4.78 is 0. The predicted molar refractivity (Wildman–Crippen MR) is 112 cm³/mol. The van der Waals surface area contributed by atoms with Gasteiger partial charge in [0, 0.05) is 12.1 Å². The van der Waals surface area contributed by atoms with Gasteiger partial charge in [-0.25, -0.2) is 9.80 Å². The summed E-state index contributed by atoms with van der Waals surface area (Å²) in [5, 5.41) is 33.6. The number of benzene rings is 2. The van der Waals surface area contributed by atoms with Crippen molar-refractivity contribution in [2.24, 2.45) is 0 Å². The summed E-state index contributed by atoms with van der Waals surface area (Å²) in [6.07, 6.45) is -1.21. The van der Waals surface area contributed by atoms with E-state index in [0.717, 1.165) is 12.1 Å². The number of hydrogen-bond acceptors (Lipinski definition) is 10. The van der Waals surface area contributed by atoms with Crippen molar-refractivity contribution in [2.75, 3.05) is 9.80 Å². The van der Waals surface area contributed by atoms with Crippen LogP contribution >= 0.6 is 0 Å². The first-order valence-corrected chi connectivity index (χ1v) is 9.81. The quantitative estimate of drug-likeness (QED) is 0.366. The lowest BCUT2D eigenvalue weighted by atomic mass is 10.1. The van der Waals surface area contributed by atoms with Gasteiger partial charge >= 0.3 is 0 Å². The van der Waals surface area contributed by atoms with Gasteiger partial charge in [-0.15, -0.1) is 0 Å². The zero-order valence-corrected chi connectivity index (χ0v) is 17.1. The third-order valence-electron chi connectivity index (χ3n) is 5.52. The zero-order valence-electron chi connectivity index (χ0n) is 17.1. The van der Waals surface area contributed by atoms with Gasteiger partial charge in [-0.05, 0) is 12.1 Å². The van der Waals surface area contributed by atoms with Crippen LogP contribution in [0, 0.1) is 20.2 Å². The number of amides is 4. The maximum Gasteiger partial charge on any atom is 0.293 e. The SMILES string of the molecule is O=C1C[C@@H](N(O)[C@H]2CC(=O)N(c3ccccc3[N+](=O)[O-])C2=O)C(=O)N1c1ccccc1[N+](=O)[O-]. The number of imide groups is 2. The van der Waals surface area contributed by atoms with Crippen LogP contribution < -0.4 is 9.80 Å². The van der Waals surface area contributed by atoms with Gasteiger partial charge in [-0.2, -0.15) is 5.06 Å². The van der Waals surface area contributed by atoms with Crippen LogP contribution in [0.3, 0.4) is 0 Å². The first kappa shape index (κ1) is 22.6. The summed E-state index contributed by atoms with van der Waals surface area (Å²) in [5.41, 5.74) is -1.62. The van der Waals surface area contributed by atoms with Gasteiger partial charge in [-0.3, -0.25) is 39.4 Å². The van der Waals surface area contributed by atoms with Gasteiger partial charge in [-0.1, -0.05) is 24.3 Å². The molecule has 2 saturated heterocycles. The molecule has 14 nitrogen and oxygen atoms in total. The number of nitro groups is 2. The highest BCUT2D eigenvalue weighted by Gasteiger charge is 2.52. The number of rotatable bonds is 6. The van der Waals surface area contributed by atoms with Crippen molar-refractivity contribution >= 4 is 46.4 Å². The Balaban J connectivity index is 1.62. The summed E-state index contributed by atoms with van der Waals surface area (Å²) in [7, 11) is 0. The molecule has 2 aliphatic heterocycles. The molecule has 0 bridgehead atoms. The minimum Gasteiger partial charge on any atom is -0.312 e. The Labute approximate surface area is 189 Å². The standard InChI is InChI=1S/C20H15N5O9/c26-17-9-15(19(28)21(17)11-5-1-3-7-13(11)24(31)32)23(30)16-10-18(27)22(20(16)29)12-6-2-4-8-14(12)25(33)34/h1-8,15-16,30H,9-10H2/t15-,16+. The Bertz CT molecular complexity index is 1170. The summed E-state index contributed by atoms with van der Waals surface area (Å²) in [4.78, 5) is 73.2. The lowest BCUT2D eigenvalue weighted by Gasteiger charge is -2.25. The van der Waals surface area contributed by atoms with E-state index in [0.29, 0.717) is 9.80 Å². The fourth-order valence-corrected chi connectivity index (χ4v) is 3.98. The van der Waals surface area contributed by atoms with Crippen LogP contribution in [-0.4, -0.2) is 55.8 Å². The van der Waals surface area contributed by atoms with Crippen molar-refractivity contribution in [2.45, 2.75) is 24.9 Å². The molecule has 14 heteroatoms. The highest BCUT2D eigenvalue weighted by atomic mass is 16.6. The van der Waals surface area contributed by atoms with E-state index in [-0.39, 0.29) is 16.4 Å². The second-order valence-electron chi connectivity index (χ2n) is 7.45. The summed E-state index contributed by atoms with van der Waals surface area (Å²) >= 11 is 0. The minimum atomic E-state index is -1.60. The smallest absolute Gasteiger partial charge is 0.293 e. The first-order chi connectivity index (χ1) is 16.1. The van der Waals surface area contributed by atoms with Crippen molar-refractivity contribution in [1.82, 2.24) is 5.06 Å². The first-order valence-electron chi connectivity index (χ1n) is 9.81. The van der Waals surface area contributed by atoms with Crippen LogP contribution in [0.25, 0.3) is 0 Å². The van der Waals surface area contributed by atoms with Crippen LogP contribution in [0.15, 0.2) is 48.5 Å². The number of nitro benzene ring substituents is 2. The van der Waals surface area contributed by atoms with E-state index in [1.807, 2.05) is 0 Å². The molecule has 0 saturated carbocycles. The molecule has 0 radical (unpaired) electrons. The Hall–Kier alpha value is -4.56. The van der Waals surface area contributed by atoms with Crippen LogP contribution in [0.1, 0.15) is 12.8 Å². The maximum atomic E-state index is 13.0. The summed E-state index contributed by atoms with van der Waals surface area (Å²) in [6, 6.07) is 6.86. The fraction of sp³-hybridized carbons (Fsp3) is 0.200. The molecule has 1 N–H and O–H groups in total. The molecule has 4 amide bonds. The lowest BCUT2D eigenvalue weighted by molar-refractivity contribution is -0.384. The molecule has 2 aromatic carbocycles. The van der Waals surface area contributed by atoms with E-state index < -0.39 is 69.8 Å². The molecule has 2 atom stereocenters. The van der Waals surface area contributed by atoms with Crippen LogP contribution in [0.2, 0.25) is 0 Å². The van der Waals surface area contributed by atoms with Crippen molar-refractivity contribution in [1.29, 1.82) is 0 Å². The predicted octanol–water partition coefficient (Wildman–Crippen LogP) is 1.16. The molecule has 2 aliphatic rings. The molecule has 2 aromatic rings. The number of anilines is 2. The molecule has 34 heavy (non-hydrogen) atoms. The molecule has 0 spiro atoms. The summed E-state index contributed by atoms with van der Waals surface area (Å²) in [6.45, 7) is 0. The van der Waals surface area contributed by atoms with Crippen LogP contribution in [-0.2, 0) is 19.2 Å². The molecule has 0 unspecified atom stereocenters. The Morgan fingerprint density at radius 2 is 1.09 bits per heavy atom. The fourth-order valence-electron chi connectivity index (χ4n) is 3.98. The van der Waals surface area contributed by atoms with Crippen molar-refractivity contribution in [3.05, 3.63) is 68.8 Å². The number of hydrogen-bond donors (Lipinski definition) is 1. The average molecular weight is 469 g/mol. The minimum absolute atomic E-state index is 0.268. The zero-order chi connectivity index (χ0) is 24.7. The van der Waals surface area contributed by atoms with E-state index in [9.17, 15) is 44.6 Å². The average Bonchev–Trinajstić information content (AvgIpc) is 3.27. The van der Waals surface area contributed by atoms with Gasteiger partial charge in [0.1, 0.15) is 23.5 Å². The van der Waals surface area contributed by atoms with Gasteiger partial charge in [0.15, 0.2) is 0 Å². The molecular formula is C20H15N5O9. The van der Waals surface area contributed by atoms with Crippen molar-refractivity contribution < 1.29 is 34.2 Å². The van der Waals surface area contributed by atoms with Crippen LogP contribution in [0.4, 0.5) is 22.7 Å². The topological polar surface area (TPSA) is 185 Å². The summed E-state index contributed by atoms with van der Waals surface area (Å²) in [5.74, 6) is -3.75. The van der Waals surface area contributed by atoms with Crippen molar-refractivity contribution in [3.8, 4) is 0 Å². The molecule has 4 rings (SSSR count). The van der Waals surface area contributed by atoms with Gasteiger partial charge in [0.25, 0.3) is 23.2 Å². The second-order valence-corrected chi connectivity index (χ2v) is 7.45. The molecule has 2 fully saturated rings. The largest absolute Gasteiger partial charge is 0.312 e. The highest BCUT2D eigenvalue weighted by molar-refractivity contribution is 6.25. The molecule has 174 valence electrons. The van der Waals surface area contributed by atoms with Gasteiger partial charge in [0.05, 0.1) is 22.7 Å². The number of nitrogens with zero attached hydrogens (tertiary/aromatic N) is 5. The Morgan fingerprint density at radius 1 is 0.735 bits per heavy atom. The van der Waals surface area contributed by atoms with Gasteiger partial charge in [0.2, 0.25) is 11.8 Å². The third-order valence-corrected chi connectivity index (χ3v) is 5.52. The van der Waals surface area contributed by atoms with E-state index in [4.69, 9.17) is 0 Å².